The van der Waals surface area contributed by atoms with Crippen molar-refractivity contribution in [2.75, 3.05) is 13.6 Å². The maximum absolute atomic E-state index is 13.4. The van der Waals surface area contributed by atoms with Crippen LogP contribution in [0.5, 0.6) is 0 Å². The highest BCUT2D eigenvalue weighted by Crippen LogP contribution is 2.42. The quantitative estimate of drug-likeness (QED) is 0.704. The van der Waals surface area contributed by atoms with E-state index >= 15 is 0 Å². The Morgan fingerprint density at radius 3 is 2.79 bits per heavy atom. The molecule has 0 spiro atoms. The zero-order chi connectivity index (χ0) is 20.1. The zero-order valence-electron chi connectivity index (χ0n) is 15.5. The number of carbonyl (C=O) groups is 1. The van der Waals surface area contributed by atoms with Crippen LogP contribution in [0.15, 0.2) is 47.5 Å². The third-order valence-corrected chi connectivity index (χ3v) is 7.32. The van der Waals surface area contributed by atoms with Crippen molar-refractivity contribution < 1.29 is 17.6 Å². The number of benzene rings is 2. The summed E-state index contributed by atoms with van der Waals surface area (Å²) in [5.74, 6) is -0.522. The molecule has 1 aliphatic rings. The van der Waals surface area contributed by atoms with Crippen molar-refractivity contribution in [1.29, 1.82) is 0 Å². The predicted octanol–water partition coefficient (Wildman–Crippen LogP) is 3.18. The van der Waals surface area contributed by atoms with E-state index in [0.29, 0.717) is 11.1 Å². The van der Waals surface area contributed by atoms with Crippen molar-refractivity contribution in [2.24, 2.45) is 0 Å². The van der Waals surface area contributed by atoms with Gasteiger partial charge >= 0.3 is 0 Å². The van der Waals surface area contributed by atoms with E-state index in [4.69, 9.17) is 0 Å². The third kappa shape index (κ3) is 2.89. The number of hydrogen-bond donors (Lipinski definition) is 2. The van der Waals surface area contributed by atoms with Gasteiger partial charge in [-0.1, -0.05) is 6.07 Å². The topological polar surface area (TPSA) is 82.3 Å². The summed E-state index contributed by atoms with van der Waals surface area (Å²) >= 11 is 0. The molecule has 28 heavy (non-hydrogen) atoms. The fourth-order valence-corrected chi connectivity index (χ4v) is 5.64. The standard InChI is InChI=1S/C20H20FN3O3S/c1-12-16-9-13(17-11-23-18-10-14(21)4-5-15(17)18)3-6-19(16)28(26,27)24(12)8-7-20(25)22-2/h3-6,9-12,23H,7-8H2,1-2H3,(H,22,25). The lowest BCUT2D eigenvalue weighted by atomic mass is 9.99. The Morgan fingerprint density at radius 2 is 2.04 bits per heavy atom. The highest BCUT2D eigenvalue weighted by Gasteiger charge is 2.40. The first-order chi connectivity index (χ1) is 13.3. The van der Waals surface area contributed by atoms with Crippen LogP contribution in [0.2, 0.25) is 0 Å². The summed E-state index contributed by atoms with van der Waals surface area (Å²) in [6.07, 6.45) is 1.90. The largest absolute Gasteiger partial charge is 0.360 e. The number of aromatic nitrogens is 1. The Kier molecular flexibility index (Phi) is 4.47. The van der Waals surface area contributed by atoms with Crippen molar-refractivity contribution in [2.45, 2.75) is 24.3 Å². The second-order valence-electron chi connectivity index (χ2n) is 6.86. The molecule has 6 nitrogen and oxygen atoms in total. The Labute approximate surface area is 162 Å². The number of H-pyrrole nitrogens is 1. The summed E-state index contributed by atoms with van der Waals surface area (Å²) in [7, 11) is -2.11. The van der Waals surface area contributed by atoms with Crippen LogP contribution in [0, 0.1) is 5.82 Å². The number of nitrogens with zero attached hydrogens (tertiary/aromatic N) is 1. The predicted molar refractivity (Wildman–Crippen MR) is 105 cm³/mol. The molecule has 2 N–H and O–H groups in total. The molecule has 1 aliphatic heterocycles. The van der Waals surface area contributed by atoms with Crippen LogP contribution in [-0.4, -0.2) is 37.2 Å². The Hall–Kier alpha value is -2.71. The normalized spacial score (nSPS) is 18.3. The maximum atomic E-state index is 13.4. The monoisotopic (exact) mass is 401 g/mol. The van der Waals surface area contributed by atoms with Gasteiger partial charge in [0.05, 0.1) is 4.90 Å². The van der Waals surface area contributed by atoms with Gasteiger partial charge in [-0.25, -0.2) is 12.8 Å². The average Bonchev–Trinajstić information content (AvgIpc) is 3.17. The van der Waals surface area contributed by atoms with E-state index in [1.54, 1.807) is 24.4 Å². The molecule has 0 radical (unpaired) electrons. The van der Waals surface area contributed by atoms with Gasteiger partial charge in [-0.15, -0.1) is 0 Å². The number of aromatic amines is 1. The van der Waals surface area contributed by atoms with Gasteiger partial charge in [0, 0.05) is 48.7 Å². The van der Waals surface area contributed by atoms with Crippen LogP contribution in [0.1, 0.15) is 24.9 Å². The number of amides is 1. The molecule has 2 aromatic carbocycles. The van der Waals surface area contributed by atoms with Crippen molar-refractivity contribution in [1.82, 2.24) is 14.6 Å². The Bertz CT molecular complexity index is 1190. The van der Waals surface area contributed by atoms with Gasteiger partial charge in [-0.3, -0.25) is 4.79 Å². The number of fused-ring (bicyclic) bond motifs is 2. The minimum atomic E-state index is -3.64. The highest BCUT2D eigenvalue weighted by atomic mass is 32.2. The summed E-state index contributed by atoms with van der Waals surface area (Å²) in [6, 6.07) is 9.41. The van der Waals surface area contributed by atoms with Crippen LogP contribution >= 0.6 is 0 Å². The summed E-state index contributed by atoms with van der Waals surface area (Å²) in [4.78, 5) is 14.9. The molecular formula is C20H20FN3O3S. The molecule has 146 valence electrons. The first-order valence-electron chi connectivity index (χ1n) is 8.96. The van der Waals surface area contributed by atoms with E-state index < -0.39 is 10.0 Å². The van der Waals surface area contributed by atoms with Gasteiger partial charge in [0.25, 0.3) is 0 Å². The van der Waals surface area contributed by atoms with Gasteiger partial charge in [0.15, 0.2) is 0 Å². The molecule has 1 unspecified atom stereocenters. The van der Waals surface area contributed by atoms with Crippen molar-refractivity contribution >= 4 is 26.8 Å². The number of rotatable bonds is 4. The molecule has 1 amide bonds. The Morgan fingerprint density at radius 1 is 1.25 bits per heavy atom. The van der Waals surface area contributed by atoms with Crippen LogP contribution < -0.4 is 5.32 Å². The average molecular weight is 401 g/mol. The first kappa shape index (κ1) is 18.6. The molecule has 0 fully saturated rings. The molecule has 0 saturated heterocycles. The van der Waals surface area contributed by atoms with Gasteiger partial charge in [0.2, 0.25) is 15.9 Å². The van der Waals surface area contributed by atoms with E-state index in [-0.39, 0.29) is 35.6 Å². The molecule has 1 aromatic heterocycles. The molecule has 4 rings (SSSR count). The summed E-state index contributed by atoms with van der Waals surface area (Å²) in [5, 5.41) is 3.38. The van der Waals surface area contributed by atoms with E-state index in [0.717, 1.165) is 16.5 Å². The van der Waals surface area contributed by atoms with E-state index in [2.05, 4.69) is 10.3 Å². The first-order valence-corrected chi connectivity index (χ1v) is 10.4. The number of carbonyl (C=O) groups excluding carboxylic acids is 1. The second-order valence-corrected chi connectivity index (χ2v) is 8.72. The van der Waals surface area contributed by atoms with Crippen molar-refractivity contribution in [3.63, 3.8) is 0 Å². The lowest BCUT2D eigenvalue weighted by Crippen LogP contribution is -2.31. The SMILES string of the molecule is CNC(=O)CCN1C(C)c2cc(-c3c[nH]c4cc(F)ccc34)ccc2S1(=O)=O. The van der Waals surface area contributed by atoms with Crippen LogP contribution in [-0.2, 0) is 14.8 Å². The molecule has 0 saturated carbocycles. The van der Waals surface area contributed by atoms with Gasteiger partial charge in [-0.2, -0.15) is 4.31 Å². The summed E-state index contributed by atoms with van der Waals surface area (Å²) in [5.41, 5.74) is 3.12. The molecule has 1 atom stereocenters. The highest BCUT2D eigenvalue weighted by molar-refractivity contribution is 7.89. The smallest absolute Gasteiger partial charge is 0.243 e. The minimum Gasteiger partial charge on any atom is -0.360 e. The Balaban J connectivity index is 1.74. The van der Waals surface area contributed by atoms with Crippen LogP contribution in [0.4, 0.5) is 4.39 Å². The van der Waals surface area contributed by atoms with E-state index in [1.807, 2.05) is 13.0 Å². The molecule has 0 bridgehead atoms. The molecular weight excluding hydrogens is 381 g/mol. The molecule has 2 heterocycles. The summed E-state index contributed by atoms with van der Waals surface area (Å²) < 4.78 is 40.6. The molecule has 3 aromatic rings. The maximum Gasteiger partial charge on any atom is 0.243 e. The number of nitrogens with one attached hydrogen (secondary N) is 2. The van der Waals surface area contributed by atoms with Crippen LogP contribution in [0.3, 0.4) is 0 Å². The van der Waals surface area contributed by atoms with E-state index in [1.165, 1.54) is 23.5 Å². The second kappa shape index (κ2) is 6.72. The fraction of sp³-hybridized carbons (Fsp3) is 0.250. The van der Waals surface area contributed by atoms with Gasteiger partial charge in [-0.05, 0) is 48.4 Å². The van der Waals surface area contributed by atoms with Crippen LogP contribution in [0.25, 0.3) is 22.0 Å². The van der Waals surface area contributed by atoms with Gasteiger partial charge < -0.3 is 10.3 Å². The number of hydrogen-bond acceptors (Lipinski definition) is 3. The fourth-order valence-electron chi connectivity index (χ4n) is 3.75. The lowest BCUT2D eigenvalue weighted by molar-refractivity contribution is -0.120. The number of halogens is 1. The number of sulfonamides is 1. The van der Waals surface area contributed by atoms with E-state index in [9.17, 15) is 17.6 Å². The third-order valence-electron chi connectivity index (χ3n) is 5.27. The minimum absolute atomic E-state index is 0.106. The molecule has 0 aliphatic carbocycles. The van der Waals surface area contributed by atoms with Gasteiger partial charge in [0.1, 0.15) is 5.82 Å². The van der Waals surface area contributed by atoms with Crippen molar-refractivity contribution in [3.05, 3.63) is 54.0 Å². The zero-order valence-corrected chi connectivity index (χ0v) is 16.3. The van der Waals surface area contributed by atoms with Crippen molar-refractivity contribution in [3.8, 4) is 11.1 Å². The lowest BCUT2D eigenvalue weighted by Gasteiger charge is -2.19. The molecule has 8 heteroatoms. The summed E-state index contributed by atoms with van der Waals surface area (Å²) in [6.45, 7) is 1.95.